The van der Waals surface area contributed by atoms with E-state index < -0.39 is 11.9 Å². The van der Waals surface area contributed by atoms with E-state index >= 15 is 0 Å². The van der Waals surface area contributed by atoms with Crippen molar-refractivity contribution in [3.8, 4) is 11.3 Å². The number of amides is 2. The first-order chi connectivity index (χ1) is 15.2. The van der Waals surface area contributed by atoms with Gasteiger partial charge < -0.3 is 15.3 Å². The van der Waals surface area contributed by atoms with Gasteiger partial charge in [0.25, 0.3) is 5.91 Å². The fourth-order valence-electron chi connectivity index (χ4n) is 3.20. The maximum absolute atomic E-state index is 12.9. The fraction of sp³-hybridized carbons (Fsp3) is 0.0435. The highest BCUT2D eigenvalue weighted by Gasteiger charge is 2.29. The molecular weight excluding hydrogens is 434 g/mol. The predicted molar refractivity (Wildman–Crippen MR) is 120 cm³/mol. The van der Waals surface area contributed by atoms with Crippen LogP contribution in [0.5, 0.6) is 0 Å². The van der Waals surface area contributed by atoms with Crippen LogP contribution in [-0.4, -0.2) is 28.6 Å². The number of carbonyl (C=O) groups excluding carboxylic acids is 2. The topological polar surface area (TPSA) is 126 Å². The first-order valence-electron chi connectivity index (χ1n) is 9.39. The van der Waals surface area contributed by atoms with Crippen molar-refractivity contribution in [1.82, 2.24) is 0 Å². The lowest BCUT2D eigenvalue weighted by Crippen LogP contribution is -2.21. The number of carboxylic acids is 1. The molecule has 0 atom stereocenters. The van der Waals surface area contributed by atoms with Crippen molar-refractivity contribution in [2.75, 3.05) is 5.01 Å². The van der Waals surface area contributed by atoms with E-state index in [-0.39, 0.29) is 16.5 Å². The molecule has 4 rings (SSSR count). The second kappa shape index (κ2) is 8.16. The minimum Gasteiger partial charge on any atom is -0.478 e. The SMILES string of the molecule is CC1=NN(c2ccc(C(N)=O)cc2)C(=O)/C1=C/c1ccc(-c2ccc(Cl)c(C(=O)O)c2)o1. The molecule has 32 heavy (non-hydrogen) atoms. The number of carbonyl (C=O) groups is 3. The summed E-state index contributed by atoms with van der Waals surface area (Å²) in [4.78, 5) is 35.5. The van der Waals surface area contributed by atoms with Crippen LogP contribution < -0.4 is 10.7 Å². The molecule has 1 aliphatic heterocycles. The van der Waals surface area contributed by atoms with Crippen molar-refractivity contribution < 1.29 is 23.9 Å². The van der Waals surface area contributed by atoms with Gasteiger partial charge in [-0.3, -0.25) is 9.59 Å². The van der Waals surface area contributed by atoms with E-state index in [9.17, 15) is 19.5 Å². The Labute approximate surface area is 187 Å². The summed E-state index contributed by atoms with van der Waals surface area (Å²) in [6, 6.07) is 14.1. The summed E-state index contributed by atoms with van der Waals surface area (Å²) in [5.41, 5.74) is 7.40. The molecule has 0 spiro atoms. The van der Waals surface area contributed by atoms with Crippen molar-refractivity contribution >= 4 is 46.9 Å². The summed E-state index contributed by atoms with van der Waals surface area (Å²) in [7, 11) is 0. The second-order valence-corrected chi connectivity index (χ2v) is 7.38. The van der Waals surface area contributed by atoms with E-state index in [0.29, 0.717) is 39.6 Å². The van der Waals surface area contributed by atoms with Crippen molar-refractivity contribution in [2.45, 2.75) is 6.92 Å². The molecule has 9 heteroatoms. The van der Waals surface area contributed by atoms with Crippen LogP contribution in [0, 0.1) is 0 Å². The maximum Gasteiger partial charge on any atom is 0.337 e. The Kier molecular flexibility index (Phi) is 5.38. The van der Waals surface area contributed by atoms with E-state index in [4.69, 9.17) is 21.8 Å². The van der Waals surface area contributed by atoms with Gasteiger partial charge in [-0.15, -0.1) is 0 Å². The molecule has 2 amide bonds. The van der Waals surface area contributed by atoms with Gasteiger partial charge in [0.2, 0.25) is 5.91 Å². The summed E-state index contributed by atoms with van der Waals surface area (Å²) in [6.07, 6.45) is 1.57. The van der Waals surface area contributed by atoms with Crippen LogP contribution in [0.15, 0.2) is 69.7 Å². The summed E-state index contributed by atoms with van der Waals surface area (Å²) in [6.45, 7) is 1.70. The lowest BCUT2D eigenvalue weighted by Gasteiger charge is -2.11. The van der Waals surface area contributed by atoms with Crippen LogP contribution >= 0.6 is 11.6 Å². The molecule has 2 heterocycles. The van der Waals surface area contributed by atoms with Crippen LogP contribution in [0.2, 0.25) is 5.02 Å². The fourth-order valence-corrected chi connectivity index (χ4v) is 3.39. The van der Waals surface area contributed by atoms with Gasteiger partial charge in [0.1, 0.15) is 11.5 Å². The van der Waals surface area contributed by atoms with Gasteiger partial charge in [-0.2, -0.15) is 10.1 Å². The summed E-state index contributed by atoms with van der Waals surface area (Å²) in [5, 5.41) is 14.9. The van der Waals surface area contributed by atoms with Crippen molar-refractivity contribution in [2.24, 2.45) is 10.8 Å². The second-order valence-electron chi connectivity index (χ2n) is 6.97. The molecule has 0 saturated carbocycles. The number of furan rings is 1. The summed E-state index contributed by atoms with van der Waals surface area (Å²) >= 11 is 5.92. The Morgan fingerprint density at radius 1 is 1.12 bits per heavy atom. The molecule has 8 nitrogen and oxygen atoms in total. The van der Waals surface area contributed by atoms with Gasteiger partial charge >= 0.3 is 5.97 Å². The Morgan fingerprint density at radius 3 is 2.50 bits per heavy atom. The number of primary amides is 1. The zero-order valence-electron chi connectivity index (χ0n) is 16.7. The molecule has 0 fully saturated rings. The number of aromatic carboxylic acids is 1. The molecule has 0 saturated heterocycles. The van der Waals surface area contributed by atoms with Gasteiger partial charge in [0.05, 0.1) is 27.6 Å². The first-order valence-corrected chi connectivity index (χ1v) is 9.77. The van der Waals surface area contributed by atoms with Crippen molar-refractivity contribution in [3.63, 3.8) is 0 Å². The Bertz CT molecular complexity index is 1320. The number of benzene rings is 2. The lowest BCUT2D eigenvalue weighted by molar-refractivity contribution is -0.114. The molecule has 160 valence electrons. The molecular formula is C23H16ClN3O5. The number of anilines is 1. The molecule has 1 aliphatic rings. The number of rotatable bonds is 5. The highest BCUT2D eigenvalue weighted by molar-refractivity contribution is 6.33. The van der Waals surface area contributed by atoms with Crippen molar-refractivity contribution in [1.29, 1.82) is 0 Å². The lowest BCUT2D eigenvalue weighted by atomic mass is 10.1. The van der Waals surface area contributed by atoms with Crippen LogP contribution in [0.3, 0.4) is 0 Å². The summed E-state index contributed by atoms with van der Waals surface area (Å²) in [5.74, 6) is -1.23. The Hall–Kier alpha value is -4.17. The number of nitrogens with two attached hydrogens (primary N) is 1. The number of halogens is 1. The molecule has 1 aromatic heterocycles. The highest BCUT2D eigenvalue weighted by Crippen LogP contribution is 2.29. The van der Waals surface area contributed by atoms with Crippen molar-refractivity contribution in [3.05, 3.63) is 82.1 Å². The maximum atomic E-state index is 12.9. The predicted octanol–water partition coefficient (Wildman–Crippen LogP) is 4.20. The van der Waals surface area contributed by atoms with Gasteiger partial charge in [-0.25, -0.2) is 4.79 Å². The Balaban J connectivity index is 1.60. The van der Waals surface area contributed by atoms with Gasteiger partial charge in [0, 0.05) is 11.1 Å². The smallest absolute Gasteiger partial charge is 0.337 e. The van der Waals surface area contributed by atoms with E-state index in [1.807, 2.05) is 0 Å². The third kappa shape index (κ3) is 3.91. The first kappa shape index (κ1) is 21.1. The standard InChI is InChI=1S/C23H16ClN3O5/c1-12-17(22(29)27(26-12)15-5-2-13(3-6-15)21(25)28)11-16-7-9-20(32-16)14-4-8-19(24)18(10-14)23(30)31/h2-11H,1H3,(H2,25,28)(H,30,31)/b17-11+. The molecule has 0 aliphatic carbocycles. The van der Waals surface area contributed by atoms with E-state index in [1.54, 1.807) is 43.3 Å². The zero-order chi connectivity index (χ0) is 23.0. The monoisotopic (exact) mass is 449 g/mol. The number of nitrogens with zero attached hydrogens (tertiary/aromatic N) is 2. The molecule has 0 radical (unpaired) electrons. The van der Waals surface area contributed by atoms with Gasteiger partial charge in [-0.05, 0) is 67.6 Å². The normalized spacial score (nSPS) is 14.7. The average molecular weight is 450 g/mol. The minimum atomic E-state index is -1.14. The zero-order valence-corrected chi connectivity index (χ0v) is 17.5. The third-order valence-corrected chi connectivity index (χ3v) is 5.18. The van der Waals surface area contributed by atoms with Crippen LogP contribution in [0.25, 0.3) is 17.4 Å². The molecule has 0 unspecified atom stereocenters. The number of hydrazone groups is 1. The summed E-state index contributed by atoms with van der Waals surface area (Å²) < 4.78 is 5.80. The molecule has 2 aromatic carbocycles. The number of carboxylic acid groups (broad SMARTS) is 1. The average Bonchev–Trinajstić information content (AvgIpc) is 3.34. The quantitative estimate of drug-likeness (QED) is 0.564. The third-order valence-electron chi connectivity index (χ3n) is 4.85. The van der Waals surface area contributed by atoms with E-state index in [0.717, 1.165) is 0 Å². The molecule has 3 N–H and O–H groups in total. The Morgan fingerprint density at radius 2 is 1.84 bits per heavy atom. The van der Waals surface area contributed by atoms with Crippen LogP contribution in [-0.2, 0) is 4.79 Å². The minimum absolute atomic E-state index is 0.0348. The largest absolute Gasteiger partial charge is 0.478 e. The van der Waals surface area contributed by atoms with Crippen LogP contribution in [0.4, 0.5) is 5.69 Å². The van der Waals surface area contributed by atoms with Crippen LogP contribution in [0.1, 0.15) is 33.4 Å². The molecule has 0 bridgehead atoms. The number of hydrogen-bond donors (Lipinski definition) is 2. The van der Waals surface area contributed by atoms with E-state index in [1.165, 1.54) is 29.3 Å². The molecule has 3 aromatic rings. The van der Waals surface area contributed by atoms with E-state index in [2.05, 4.69) is 5.10 Å². The number of hydrogen-bond acceptors (Lipinski definition) is 5. The van der Waals surface area contributed by atoms with Gasteiger partial charge in [0.15, 0.2) is 0 Å². The van der Waals surface area contributed by atoms with Gasteiger partial charge in [-0.1, -0.05) is 11.6 Å². The highest BCUT2D eigenvalue weighted by atomic mass is 35.5.